The number of carbonyl (C=O) groups excluding carboxylic acids is 1. The van der Waals surface area contributed by atoms with Crippen LogP contribution in [0.5, 0.6) is 0 Å². The number of amides is 1. The van der Waals surface area contributed by atoms with E-state index in [-0.39, 0.29) is 6.04 Å². The van der Waals surface area contributed by atoms with Gasteiger partial charge in [-0.05, 0) is 34.1 Å². The summed E-state index contributed by atoms with van der Waals surface area (Å²) in [7, 11) is 3.38. The lowest BCUT2D eigenvalue weighted by atomic mass is 10.2. The molecule has 1 atom stereocenters. The number of guanidine groups is 1. The number of alkyl carbamates (subject to hydrolysis) is 1. The standard InChI is InChI=1S/C14H30N4O3/c1-11(10-20-6)18-12(15-5)16-8-7-9-17-13(19)21-14(2,3)4/h11H,7-10H2,1-6H3,(H,17,19)(H2,15,16,18). The molecule has 0 fully saturated rings. The Bertz CT molecular complexity index is 327. The highest BCUT2D eigenvalue weighted by atomic mass is 16.6. The van der Waals surface area contributed by atoms with Crippen molar-refractivity contribution < 1.29 is 14.3 Å². The van der Waals surface area contributed by atoms with Crippen LogP contribution in [0, 0.1) is 0 Å². The van der Waals surface area contributed by atoms with E-state index in [2.05, 4.69) is 20.9 Å². The van der Waals surface area contributed by atoms with E-state index >= 15 is 0 Å². The third kappa shape index (κ3) is 12.0. The van der Waals surface area contributed by atoms with Gasteiger partial charge < -0.3 is 25.4 Å². The Labute approximate surface area is 127 Å². The van der Waals surface area contributed by atoms with Crippen molar-refractivity contribution >= 4 is 12.1 Å². The van der Waals surface area contributed by atoms with Crippen molar-refractivity contribution in [2.24, 2.45) is 4.99 Å². The van der Waals surface area contributed by atoms with Crippen LogP contribution in [0.1, 0.15) is 34.1 Å². The fourth-order valence-corrected chi connectivity index (χ4v) is 1.52. The van der Waals surface area contributed by atoms with Crippen molar-refractivity contribution in [3.8, 4) is 0 Å². The lowest BCUT2D eigenvalue weighted by molar-refractivity contribution is 0.0527. The molecule has 0 aliphatic heterocycles. The van der Waals surface area contributed by atoms with Gasteiger partial charge in [0, 0.05) is 33.3 Å². The summed E-state index contributed by atoms with van der Waals surface area (Å²) in [5.41, 5.74) is -0.466. The zero-order valence-electron chi connectivity index (χ0n) is 14.1. The minimum absolute atomic E-state index is 0.182. The second-order valence-electron chi connectivity index (χ2n) is 5.78. The van der Waals surface area contributed by atoms with Gasteiger partial charge in [0.15, 0.2) is 5.96 Å². The van der Waals surface area contributed by atoms with Gasteiger partial charge in [-0.1, -0.05) is 0 Å². The van der Waals surface area contributed by atoms with Gasteiger partial charge in [0.05, 0.1) is 6.61 Å². The number of hydrogen-bond donors (Lipinski definition) is 3. The molecule has 0 aromatic rings. The quantitative estimate of drug-likeness (QED) is 0.373. The molecule has 0 spiro atoms. The lowest BCUT2D eigenvalue weighted by Gasteiger charge is -2.20. The summed E-state index contributed by atoms with van der Waals surface area (Å²) in [4.78, 5) is 15.5. The van der Waals surface area contributed by atoms with Gasteiger partial charge in [-0.2, -0.15) is 0 Å². The van der Waals surface area contributed by atoms with Crippen molar-refractivity contribution in [2.75, 3.05) is 33.9 Å². The second-order valence-corrected chi connectivity index (χ2v) is 5.78. The lowest BCUT2D eigenvalue weighted by Crippen LogP contribution is -2.44. The van der Waals surface area contributed by atoms with E-state index in [1.165, 1.54) is 0 Å². The molecule has 7 heteroatoms. The fraction of sp³-hybridized carbons (Fsp3) is 0.857. The maximum atomic E-state index is 11.4. The molecule has 0 aliphatic rings. The number of nitrogens with one attached hydrogen (secondary N) is 3. The average molecular weight is 302 g/mol. The van der Waals surface area contributed by atoms with Gasteiger partial charge in [0.2, 0.25) is 0 Å². The third-order valence-electron chi connectivity index (χ3n) is 2.34. The molecule has 7 nitrogen and oxygen atoms in total. The number of aliphatic imine (C=N–C) groups is 1. The first-order valence-corrected chi connectivity index (χ1v) is 7.21. The molecular weight excluding hydrogens is 272 g/mol. The van der Waals surface area contributed by atoms with Crippen LogP contribution in [-0.2, 0) is 9.47 Å². The van der Waals surface area contributed by atoms with E-state index in [0.717, 1.165) is 12.4 Å². The minimum atomic E-state index is -0.466. The predicted octanol–water partition coefficient (Wildman–Crippen LogP) is 1.10. The van der Waals surface area contributed by atoms with E-state index in [1.54, 1.807) is 14.2 Å². The zero-order chi connectivity index (χ0) is 16.3. The number of hydrogen-bond acceptors (Lipinski definition) is 4. The van der Waals surface area contributed by atoms with E-state index in [0.29, 0.717) is 19.7 Å². The molecule has 0 saturated carbocycles. The van der Waals surface area contributed by atoms with Crippen LogP contribution in [0.2, 0.25) is 0 Å². The maximum absolute atomic E-state index is 11.4. The molecule has 0 aromatic carbocycles. The van der Waals surface area contributed by atoms with Gasteiger partial charge in [0.1, 0.15) is 5.60 Å². The molecule has 21 heavy (non-hydrogen) atoms. The molecule has 0 aromatic heterocycles. The molecule has 0 saturated heterocycles. The predicted molar refractivity (Wildman–Crippen MR) is 84.7 cm³/mol. The highest BCUT2D eigenvalue weighted by molar-refractivity contribution is 5.79. The number of methoxy groups -OCH3 is 1. The number of nitrogens with zero attached hydrogens (tertiary/aromatic N) is 1. The monoisotopic (exact) mass is 302 g/mol. The van der Waals surface area contributed by atoms with E-state index < -0.39 is 11.7 Å². The van der Waals surface area contributed by atoms with Crippen molar-refractivity contribution in [3.63, 3.8) is 0 Å². The summed E-state index contributed by atoms with van der Waals surface area (Å²) < 4.78 is 10.2. The first-order chi connectivity index (χ1) is 9.78. The van der Waals surface area contributed by atoms with Crippen molar-refractivity contribution in [2.45, 2.75) is 45.8 Å². The van der Waals surface area contributed by atoms with Gasteiger partial charge in [-0.15, -0.1) is 0 Å². The average Bonchev–Trinajstić information content (AvgIpc) is 2.35. The van der Waals surface area contributed by atoms with Crippen LogP contribution < -0.4 is 16.0 Å². The van der Waals surface area contributed by atoms with Crippen LogP contribution in [0.25, 0.3) is 0 Å². The Morgan fingerprint density at radius 1 is 1.24 bits per heavy atom. The van der Waals surface area contributed by atoms with E-state index in [9.17, 15) is 4.79 Å². The van der Waals surface area contributed by atoms with Crippen LogP contribution in [0.3, 0.4) is 0 Å². The first kappa shape index (κ1) is 19.5. The van der Waals surface area contributed by atoms with Gasteiger partial charge in [0.25, 0.3) is 0 Å². The molecule has 0 bridgehead atoms. The maximum Gasteiger partial charge on any atom is 0.407 e. The summed E-state index contributed by atoms with van der Waals surface area (Å²) in [6.45, 7) is 9.39. The summed E-state index contributed by atoms with van der Waals surface area (Å²) in [5, 5.41) is 9.08. The highest BCUT2D eigenvalue weighted by Crippen LogP contribution is 2.06. The Morgan fingerprint density at radius 3 is 2.38 bits per heavy atom. The van der Waals surface area contributed by atoms with Crippen LogP contribution in [0.4, 0.5) is 4.79 Å². The van der Waals surface area contributed by atoms with Gasteiger partial charge in [-0.3, -0.25) is 4.99 Å². The molecular formula is C14H30N4O3. The Hall–Kier alpha value is -1.50. The van der Waals surface area contributed by atoms with Crippen LogP contribution in [0.15, 0.2) is 4.99 Å². The molecule has 0 rings (SSSR count). The van der Waals surface area contributed by atoms with Crippen LogP contribution >= 0.6 is 0 Å². The summed E-state index contributed by atoms with van der Waals surface area (Å²) in [6, 6.07) is 0.182. The van der Waals surface area contributed by atoms with E-state index in [4.69, 9.17) is 9.47 Å². The molecule has 0 heterocycles. The molecule has 1 amide bonds. The van der Waals surface area contributed by atoms with Crippen molar-refractivity contribution in [1.82, 2.24) is 16.0 Å². The number of carbonyl (C=O) groups is 1. The van der Waals surface area contributed by atoms with Crippen molar-refractivity contribution in [3.05, 3.63) is 0 Å². The smallest absolute Gasteiger partial charge is 0.407 e. The Morgan fingerprint density at radius 2 is 1.86 bits per heavy atom. The van der Waals surface area contributed by atoms with Gasteiger partial charge in [-0.25, -0.2) is 4.79 Å². The molecule has 3 N–H and O–H groups in total. The fourth-order valence-electron chi connectivity index (χ4n) is 1.52. The van der Waals surface area contributed by atoms with Crippen LogP contribution in [-0.4, -0.2) is 57.5 Å². The van der Waals surface area contributed by atoms with Crippen molar-refractivity contribution in [1.29, 1.82) is 0 Å². The topological polar surface area (TPSA) is 84.0 Å². The minimum Gasteiger partial charge on any atom is -0.444 e. The summed E-state index contributed by atoms with van der Waals surface area (Å²) in [6.07, 6.45) is 0.386. The normalized spacial score (nSPS) is 13.5. The summed E-state index contributed by atoms with van der Waals surface area (Å²) in [5.74, 6) is 0.719. The molecule has 124 valence electrons. The molecule has 0 aliphatic carbocycles. The number of rotatable bonds is 7. The Balaban J connectivity index is 3.76. The largest absolute Gasteiger partial charge is 0.444 e. The second kappa shape index (κ2) is 10.3. The molecule has 1 unspecified atom stereocenters. The zero-order valence-corrected chi connectivity index (χ0v) is 14.1. The third-order valence-corrected chi connectivity index (χ3v) is 2.34. The summed E-state index contributed by atoms with van der Waals surface area (Å²) >= 11 is 0. The Kier molecular flexibility index (Phi) is 9.53. The number of ether oxygens (including phenoxy) is 2. The van der Waals surface area contributed by atoms with Gasteiger partial charge >= 0.3 is 6.09 Å². The van der Waals surface area contributed by atoms with E-state index in [1.807, 2.05) is 27.7 Å². The SMILES string of the molecule is CN=C(NCCCNC(=O)OC(C)(C)C)NC(C)COC. The molecule has 0 radical (unpaired) electrons. The first-order valence-electron chi connectivity index (χ1n) is 7.21. The highest BCUT2D eigenvalue weighted by Gasteiger charge is 2.15.